The number of aromatic nitrogens is 3. The standard InChI is InChI=1S/C21H24N6O3/c1-3-6-13-10-18(28)25-21(23-13)27-17(9-12(2)26-27)24-20(30)19(29)15-11-22-16-8-5-4-7-14(15)16/h4-5,7-9,11,13,21-23H,3,6,10H2,1-2H3,(H,24,30)(H,25,28). The van der Waals surface area contributed by atoms with Crippen LogP contribution in [0, 0.1) is 6.92 Å². The number of H-pyrrole nitrogens is 1. The van der Waals surface area contributed by atoms with Gasteiger partial charge in [-0.2, -0.15) is 5.10 Å². The molecule has 1 aromatic carbocycles. The smallest absolute Gasteiger partial charge is 0.297 e. The summed E-state index contributed by atoms with van der Waals surface area (Å²) in [4.78, 5) is 40.6. The van der Waals surface area contributed by atoms with E-state index in [0.29, 0.717) is 28.9 Å². The second-order valence-corrected chi connectivity index (χ2v) is 7.47. The molecule has 3 heterocycles. The maximum absolute atomic E-state index is 12.8. The molecule has 1 aliphatic rings. The number of benzene rings is 1. The minimum absolute atomic E-state index is 0.0228. The highest BCUT2D eigenvalue weighted by Crippen LogP contribution is 2.21. The van der Waals surface area contributed by atoms with E-state index in [2.05, 4.69) is 33.0 Å². The molecule has 1 aliphatic heterocycles. The van der Waals surface area contributed by atoms with Crippen LogP contribution < -0.4 is 16.0 Å². The minimum atomic E-state index is -0.770. The monoisotopic (exact) mass is 408 g/mol. The number of amides is 2. The van der Waals surface area contributed by atoms with Crippen LogP contribution in [0.25, 0.3) is 10.9 Å². The topological polar surface area (TPSA) is 121 Å². The third-order valence-electron chi connectivity index (χ3n) is 5.14. The van der Waals surface area contributed by atoms with E-state index in [9.17, 15) is 14.4 Å². The Labute approximate surface area is 173 Å². The quantitative estimate of drug-likeness (QED) is 0.368. The van der Waals surface area contributed by atoms with Crippen molar-refractivity contribution in [3.63, 3.8) is 0 Å². The van der Waals surface area contributed by atoms with E-state index in [1.54, 1.807) is 19.1 Å². The number of nitrogens with zero attached hydrogens (tertiary/aromatic N) is 2. The second-order valence-electron chi connectivity index (χ2n) is 7.47. The Morgan fingerprint density at radius 1 is 1.30 bits per heavy atom. The van der Waals surface area contributed by atoms with Gasteiger partial charge in [-0.25, -0.2) is 4.68 Å². The first kappa shape index (κ1) is 19.8. The Morgan fingerprint density at radius 2 is 2.10 bits per heavy atom. The van der Waals surface area contributed by atoms with Crippen LogP contribution in [0.1, 0.15) is 48.5 Å². The van der Waals surface area contributed by atoms with Crippen molar-refractivity contribution in [1.29, 1.82) is 0 Å². The van der Waals surface area contributed by atoms with Crippen molar-refractivity contribution in [3.05, 3.63) is 47.8 Å². The summed E-state index contributed by atoms with van der Waals surface area (Å²) in [6.45, 7) is 3.84. The van der Waals surface area contributed by atoms with Crippen molar-refractivity contribution in [3.8, 4) is 0 Å². The van der Waals surface area contributed by atoms with E-state index < -0.39 is 18.0 Å². The zero-order valence-corrected chi connectivity index (χ0v) is 16.9. The summed E-state index contributed by atoms with van der Waals surface area (Å²) < 4.78 is 1.50. The van der Waals surface area contributed by atoms with Crippen LogP contribution in [0.5, 0.6) is 0 Å². The predicted octanol–water partition coefficient (Wildman–Crippen LogP) is 2.23. The fraction of sp³-hybridized carbons (Fsp3) is 0.333. The second kappa shape index (κ2) is 8.11. The van der Waals surface area contributed by atoms with E-state index in [1.807, 2.05) is 18.2 Å². The Morgan fingerprint density at radius 3 is 2.90 bits per heavy atom. The van der Waals surface area contributed by atoms with E-state index >= 15 is 0 Å². The predicted molar refractivity (Wildman–Crippen MR) is 112 cm³/mol. The van der Waals surface area contributed by atoms with E-state index in [4.69, 9.17) is 0 Å². The highest BCUT2D eigenvalue weighted by Gasteiger charge is 2.29. The van der Waals surface area contributed by atoms with E-state index in [1.165, 1.54) is 10.9 Å². The molecule has 0 bridgehead atoms. The van der Waals surface area contributed by atoms with Gasteiger partial charge < -0.3 is 15.6 Å². The van der Waals surface area contributed by atoms with Gasteiger partial charge in [-0.05, 0) is 19.4 Å². The fourth-order valence-electron chi connectivity index (χ4n) is 3.79. The zero-order valence-electron chi connectivity index (χ0n) is 16.9. The highest BCUT2D eigenvalue weighted by molar-refractivity contribution is 6.48. The van der Waals surface area contributed by atoms with Gasteiger partial charge in [0.15, 0.2) is 6.29 Å². The molecule has 1 fully saturated rings. The average Bonchev–Trinajstić information content (AvgIpc) is 3.30. The summed E-state index contributed by atoms with van der Waals surface area (Å²) in [6, 6.07) is 8.98. The van der Waals surface area contributed by atoms with Crippen LogP contribution in [0.2, 0.25) is 0 Å². The number of para-hydroxylation sites is 1. The number of nitrogens with one attached hydrogen (secondary N) is 4. The maximum atomic E-state index is 12.8. The van der Waals surface area contributed by atoms with Crippen molar-refractivity contribution in [1.82, 2.24) is 25.4 Å². The summed E-state index contributed by atoms with van der Waals surface area (Å²) in [6.07, 6.45) is 3.12. The molecule has 4 N–H and O–H groups in total. The molecule has 9 heteroatoms. The van der Waals surface area contributed by atoms with Crippen molar-refractivity contribution >= 4 is 34.3 Å². The van der Waals surface area contributed by atoms with Crippen LogP contribution in [-0.2, 0) is 9.59 Å². The number of Topliss-reactive ketones (excluding diaryl/α,β-unsaturated/α-hetero) is 1. The molecule has 156 valence electrons. The van der Waals surface area contributed by atoms with Crippen molar-refractivity contribution in [2.45, 2.75) is 45.4 Å². The molecule has 9 nitrogen and oxygen atoms in total. The Hall–Kier alpha value is -3.46. The lowest BCUT2D eigenvalue weighted by atomic mass is 10.1. The summed E-state index contributed by atoms with van der Waals surface area (Å²) in [5.41, 5.74) is 1.74. The number of fused-ring (bicyclic) bond motifs is 1. The fourth-order valence-corrected chi connectivity index (χ4v) is 3.79. The van der Waals surface area contributed by atoms with Crippen LogP contribution in [0.4, 0.5) is 5.82 Å². The first-order valence-electron chi connectivity index (χ1n) is 9.99. The third kappa shape index (κ3) is 3.84. The maximum Gasteiger partial charge on any atom is 0.297 e. The van der Waals surface area contributed by atoms with Gasteiger partial charge >= 0.3 is 0 Å². The van der Waals surface area contributed by atoms with Crippen LogP contribution in [0.3, 0.4) is 0 Å². The lowest BCUT2D eigenvalue weighted by molar-refractivity contribution is -0.125. The molecular weight excluding hydrogens is 384 g/mol. The highest BCUT2D eigenvalue weighted by atomic mass is 16.2. The van der Waals surface area contributed by atoms with Gasteiger partial charge in [0.25, 0.3) is 11.7 Å². The molecule has 0 aliphatic carbocycles. The van der Waals surface area contributed by atoms with Gasteiger partial charge in [0, 0.05) is 35.6 Å². The molecule has 2 amide bonds. The summed E-state index contributed by atoms with van der Waals surface area (Å²) in [5.74, 6) is -1.17. The molecular formula is C21H24N6O3. The first-order valence-corrected chi connectivity index (χ1v) is 9.99. The van der Waals surface area contributed by atoms with Gasteiger partial charge in [-0.3, -0.25) is 19.7 Å². The molecule has 2 aromatic heterocycles. The third-order valence-corrected chi connectivity index (χ3v) is 5.14. The minimum Gasteiger partial charge on any atom is -0.360 e. The molecule has 1 saturated heterocycles. The van der Waals surface area contributed by atoms with Crippen LogP contribution in [-0.4, -0.2) is 38.4 Å². The lowest BCUT2D eigenvalue weighted by Crippen LogP contribution is -2.53. The van der Waals surface area contributed by atoms with E-state index in [-0.39, 0.29) is 11.9 Å². The number of carbonyl (C=O) groups is 3. The summed E-state index contributed by atoms with van der Waals surface area (Å²) >= 11 is 0. The van der Waals surface area contributed by atoms with Crippen molar-refractivity contribution in [2.24, 2.45) is 0 Å². The molecule has 0 spiro atoms. The number of carbonyl (C=O) groups excluding carboxylic acids is 3. The normalized spacial score (nSPS) is 18.9. The van der Waals surface area contributed by atoms with Gasteiger partial charge in [-0.1, -0.05) is 31.5 Å². The molecule has 0 saturated carbocycles. The zero-order chi connectivity index (χ0) is 21.3. The van der Waals surface area contributed by atoms with Gasteiger partial charge in [0.05, 0.1) is 11.3 Å². The van der Waals surface area contributed by atoms with Crippen molar-refractivity contribution < 1.29 is 14.4 Å². The number of ketones is 1. The molecule has 30 heavy (non-hydrogen) atoms. The van der Waals surface area contributed by atoms with Gasteiger partial charge in [0.1, 0.15) is 5.82 Å². The number of rotatable bonds is 6. The molecule has 0 radical (unpaired) electrons. The number of hydrogen-bond acceptors (Lipinski definition) is 5. The number of aromatic amines is 1. The largest absolute Gasteiger partial charge is 0.360 e. The number of anilines is 1. The Kier molecular flexibility index (Phi) is 5.37. The average molecular weight is 408 g/mol. The van der Waals surface area contributed by atoms with Crippen LogP contribution >= 0.6 is 0 Å². The number of hydrogen-bond donors (Lipinski definition) is 4. The molecule has 3 aromatic rings. The summed E-state index contributed by atoms with van der Waals surface area (Å²) in [5, 5.41) is 13.9. The van der Waals surface area contributed by atoms with Crippen LogP contribution in [0.15, 0.2) is 36.5 Å². The first-order chi connectivity index (χ1) is 14.5. The Balaban J connectivity index is 1.56. The summed E-state index contributed by atoms with van der Waals surface area (Å²) in [7, 11) is 0. The van der Waals surface area contributed by atoms with Gasteiger partial charge in [0.2, 0.25) is 5.91 Å². The number of aryl methyl sites for hydroxylation is 1. The lowest BCUT2D eigenvalue weighted by Gasteiger charge is -2.32. The van der Waals surface area contributed by atoms with E-state index in [0.717, 1.165) is 18.4 Å². The molecule has 4 rings (SSSR count). The molecule has 2 atom stereocenters. The molecule has 2 unspecified atom stereocenters. The Bertz CT molecular complexity index is 1120. The SMILES string of the molecule is CCCC1CC(=O)NC(n2nc(C)cc2NC(=O)C(=O)c2c[nH]c3ccccc23)N1. The van der Waals surface area contributed by atoms with Crippen molar-refractivity contribution in [2.75, 3.05) is 5.32 Å². The van der Waals surface area contributed by atoms with Gasteiger partial charge in [-0.15, -0.1) is 0 Å².